The van der Waals surface area contributed by atoms with Gasteiger partial charge in [0.05, 0.1) is 0 Å². The van der Waals surface area contributed by atoms with E-state index in [0.717, 1.165) is 0 Å². The van der Waals surface area contributed by atoms with Gasteiger partial charge in [0.25, 0.3) is 0 Å². The van der Waals surface area contributed by atoms with Crippen molar-refractivity contribution in [1.82, 2.24) is 0 Å². The summed E-state index contributed by atoms with van der Waals surface area (Å²) in [4.78, 5) is 9.70. The van der Waals surface area contributed by atoms with Gasteiger partial charge < -0.3 is 4.79 Å². The molecule has 0 radical (unpaired) electrons. The van der Waals surface area contributed by atoms with E-state index in [2.05, 4.69) is 0 Å². The van der Waals surface area contributed by atoms with Crippen LogP contribution >= 0.6 is 0 Å². The minimum atomic E-state index is -0.264. The van der Waals surface area contributed by atoms with Crippen LogP contribution in [0.4, 0.5) is 0 Å². The maximum atomic E-state index is 9.70. The molecule has 36 valence electrons. The van der Waals surface area contributed by atoms with Gasteiger partial charge in [-0.2, -0.15) is 0 Å². The van der Waals surface area contributed by atoms with E-state index in [1.807, 2.05) is 27.1 Å². The van der Waals surface area contributed by atoms with E-state index in [-0.39, 0.29) is 38.1 Å². The smallest absolute Gasteiger partial charge is 0.541 e. The van der Waals surface area contributed by atoms with Gasteiger partial charge in [-0.25, -0.2) is 0 Å². The first-order chi connectivity index (χ1) is 2.56. The molecular formula is C5H9OY+2. The van der Waals surface area contributed by atoms with E-state index >= 15 is 0 Å². The summed E-state index contributed by atoms with van der Waals surface area (Å²) in [7, 11) is 0. The van der Waals surface area contributed by atoms with Crippen molar-refractivity contribution < 1.29 is 37.5 Å². The molecule has 0 aliphatic rings. The van der Waals surface area contributed by atoms with Crippen LogP contribution in [0.25, 0.3) is 0 Å². The van der Waals surface area contributed by atoms with Gasteiger partial charge in [-0.3, -0.25) is 6.29 Å². The first-order valence-corrected chi connectivity index (χ1v) is 1.95. The summed E-state index contributed by atoms with van der Waals surface area (Å²) in [5, 5.41) is 0. The van der Waals surface area contributed by atoms with Crippen molar-refractivity contribution in [2.45, 2.75) is 20.8 Å². The molecule has 0 aliphatic heterocycles. The minimum absolute atomic E-state index is 0. The van der Waals surface area contributed by atoms with Crippen LogP contribution in [0.15, 0.2) is 0 Å². The molecule has 0 unspecified atom stereocenters. The number of hydrogen-bond acceptors (Lipinski definition) is 1. The standard InChI is InChI=1S/C5H9O.Y/c1-5(2,3)4-6;/h1-3H3;/q-1;+3. The van der Waals surface area contributed by atoms with Gasteiger partial charge in [-0.15, -0.1) is 5.41 Å². The summed E-state index contributed by atoms with van der Waals surface area (Å²) in [6, 6.07) is 0. The monoisotopic (exact) mass is 174 g/mol. The van der Waals surface area contributed by atoms with Gasteiger partial charge in [-0.05, 0) is 0 Å². The van der Waals surface area contributed by atoms with Crippen molar-refractivity contribution in [2.75, 3.05) is 0 Å². The van der Waals surface area contributed by atoms with Crippen molar-refractivity contribution in [3.05, 3.63) is 0 Å². The van der Waals surface area contributed by atoms with E-state index in [1.165, 1.54) is 0 Å². The molecule has 0 bridgehead atoms. The Hall–Kier alpha value is 0.774. The fourth-order valence-electron chi connectivity index (χ4n) is 0. The Balaban J connectivity index is 0. The molecule has 0 aromatic carbocycles. The Labute approximate surface area is 69.7 Å². The van der Waals surface area contributed by atoms with Gasteiger partial charge in [0.1, 0.15) is 0 Å². The third-order valence-electron chi connectivity index (χ3n) is 0.306. The Morgan fingerprint density at radius 3 is 1.43 bits per heavy atom. The summed E-state index contributed by atoms with van der Waals surface area (Å²) < 4.78 is 0. The Kier molecular flexibility index (Phi) is 5.71. The van der Waals surface area contributed by atoms with Crippen LogP contribution in [0, 0.1) is 5.41 Å². The van der Waals surface area contributed by atoms with E-state index in [4.69, 9.17) is 0 Å². The molecule has 2 heteroatoms. The quantitative estimate of drug-likeness (QED) is 0.503. The Bertz CT molecular complexity index is 53.6. The maximum absolute atomic E-state index is 9.70. The topological polar surface area (TPSA) is 17.1 Å². The van der Waals surface area contributed by atoms with Crippen molar-refractivity contribution >= 4 is 6.29 Å². The normalized spacial score (nSPS) is 9.57. The van der Waals surface area contributed by atoms with Crippen LogP contribution in [0.1, 0.15) is 20.8 Å². The Morgan fingerprint density at radius 2 is 1.43 bits per heavy atom. The second kappa shape index (κ2) is 3.74. The van der Waals surface area contributed by atoms with Gasteiger partial charge in [0.15, 0.2) is 0 Å². The second-order valence-electron chi connectivity index (χ2n) is 2.35. The summed E-state index contributed by atoms with van der Waals surface area (Å²) in [5.41, 5.74) is -0.264. The van der Waals surface area contributed by atoms with Gasteiger partial charge >= 0.3 is 32.7 Å². The third kappa shape index (κ3) is 10.8. The average molecular weight is 174 g/mol. The summed E-state index contributed by atoms with van der Waals surface area (Å²) in [6.45, 7) is 5.46. The minimum Gasteiger partial charge on any atom is -0.541 e. The van der Waals surface area contributed by atoms with Crippen LogP contribution in [-0.2, 0) is 37.5 Å². The summed E-state index contributed by atoms with van der Waals surface area (Å²) in [6.07, 6.45) is 1.85. The van der Waals surface area contributed by atoms with Crippen molar-refractivity contribution in [3.63, 3.8) is 0 Å². The molecule has 0 spiro atoms. The van der Waals surface area contributed by atoms with E-state index < -0.39 is 0 Å². The summed E-state index contributed by atoms with van der Waals surface area (Å²) in [5.74, 6) is 0. The van der Waals surface area contributed by atoms with Crippen molar-refractivity contribution in [1.29, 1.82) is 0 Å². The number of hydrogen-bond donors (Lipinski definition) is 0. The molecule has 0 N–H and O–H groups in total. The molecule has 0 saturated carbocycles. The first-order valence-electron chi connectivity index (χ1n) is 1.95. The SMILES string of the molecule is CC(C)(C)[C-]=O.[Y+3]. The van der Waals surface area contributed by atoms with Crippen LogP contribution in [0.2, 0.25) is 0 Å². The molecule has 0 aliphatic carbocycles. The van der Waals surface area contributed by atoms with Crippen LogP contribution < -0.4 is 0 Å². The average Bonchev–Trinajstić information content (AvgIpc) is 1.35. The van der Waals surface area contributed by atoms with Crippen LogP contribution in [-0.4, -0.2) is 6.29 Å². The molecule has 0 aromatic rings. The Morgan fingerprint density at radius 1 is 1.29 bits per heavy atom. The predicted octanol–water partition coefficient (Wildman–Crippen LogP) is 1.14. The molecule has 0 fully saturated rings. The van der Waals surface area contributed by atoms with Crippen LogP contribution in [0.3, 0.4) is 0 Å². The maximum Gasteiger partial charge on any atom is 3.00 e. The third-order valence-corrected chi connectivity index (χ3v) is 0.306. The van der Waals surface area contributed by atoms with Gasteiger partial charge in [-0.1, -0.05) is 20.8 Å². The molecule has 0 amide bonds. The predicted molar refractivity (Wildman–Crippen MR) is 25.1 cm³/mol. The molecule has 0 heterocycles. The largest absolute Gasteiger partial charge is 3.00 e. The molecule has 0 atom stereocenters. The molecular weight excluding hydrogens is 165 g/mol. The van der Waals surface area contributed by atoms with Gasteiger partial charge in [0.2, 0.25) is 0 Å². The zero-order valence-electron chi connectivity index (χ0n) is 4.99. The van der Waals surface area contributed by atoms with E-state index in [0.29, 0.717) is 0 Å². The van der Waals surface area contributed by atoms with Gasteiger partial charge in [0, 0.05) is 0 Å². The number of carbonyl (C=O) groups excluding carboxylic acids is 1. The molecule has 1 nitrogen and oxygen atoms in total. The van der Waals surface area contributed by atoms with E-state index in [9.17, 15) is 4.79 Å². The molecule has 0 saturated heterocycles. The van der Waals surface area contributed by atoms with Crippen molar-refractivity contribution in [3.8, 4) is 0 Å². The zero-order chi connectivity index (χ0) is 5.21. The summed E-state index contributed by atoms with van der Waals surface area (Å²) >= 11 is 0. The first kappa shape index (κ1) is 10.7. The molecule has 0 rings (SSSR count). The molecule has 7 heavy (non-hydrogen) atoms. The molecule has 0 aromatic heterocycles. The van der Waals surface area contributed by atoms with Crippen LogP contribution in [0.5, 0.6) is 0 Å². The van der Waals surface area contributed by atoms with Crippen molar-refractivity contribution in [2.24, 2.45) is 5.41 Å². The fraction of sp³-hybridized carbons (Fsp3) is 0.800. The second-order valence-corrected chi connectivity index (χ2v) is 2.35. The fourth-order valence-corrected chi connectivity index (χ4v) is 0. The zero-order valence-corrected chi connectivity index (χ0v) is 7.82. The van der Waals surface area contributed by atoms with E-state index in [1.54, 1.807) is 0 Å². The number of rotatable bonds is 0.